The third kappa shape index (κ3) is 5.27. The molecule has 0 saturated carbocycles. The zero-order valence-corrected chi connectivity index (χ0v) is 10.2. The Morgan fingerprint density at radius 2 is 2.05 bits per heavy atom. The minimum Gasteiger partial charge on any atom is -0.466 e. The van der Waals surface area contributed by atoms with Gasteiger partial charge in [0.05, 0.1) is 12.2 Å². The molecule has 0 saturated heterocycles. The predicted molar refractivity (Wildman–Crippen MR) is 59.8 cm³/mol. The molecule has 1 rings (SSSR count). The first-order valence-electron chi connectivity index (χ1n) is 5.46. The average molecular weight is 278 g/mol. The van der Waals surface area contributed by atoms with Crippen molar-refractivity contribution in [2.75, 3.05) is 13.4 Å². The summed E-state index contributed by atoms with van der Waals surface area (Å²) >= 11 is 0. The zero-order valence-electron chi connectivity index (χ0n) is 10.2. The summed E-state index contributed by atoms with van der Waals surface area (Å²) < 4.78 is 49.8. The van der Waals surface area contributed by atoms with E-state index in [0.717, 1.165) is 0 Å². The molecule has 0 aliphatic rings. The van der Waals surface area contributed by atoms with E-state index >= 15 is 0 Å². The highest BCUT2D eigenvalue weighted by Crippen LogP contribution is 2.26. The topological polar surface area (TPSA) is 44.8 Å². The summed E-state index contributed by atoms with van der Waals surface area (Å²) in [7, 11) is 0. The summed E-state index contributed by atoms with van der Waals surface area (Å²) in [6.45, 7) is 1.24. The number of ether oxygens (including phenoxy) is 3. The normalized spacial score (nSPS) is 11.4. The molecule has 1 aromatic carbocycles. The number of aldehydes is 1. The van der Waals surface area contributed by atoms with E-state index in [9.17, 15) is 18.0 Å². The molecule has 0 aliphatic heterocycles. The van der Waals surface area contributed by atoms with Crippen molar-refractivity contribution in [3.8, 4) is 5.75 Å². The summed E-state index contributed by atoms with van der Waals surface area (Å²) in [6.07, 6.45) is -4.24. The molecule has 0 unspecified atom stereocenters. The first kappa shape index (κ1) is 15.5. The molecule has 0 radical (unpaired) electrons. The summed E-state index contributed by atoms with van der Waals surface area (Å²) in [5.74, 6) is 0.0372. The molecule has 106 valence electrons. The van der Waals surface area contributed by atoms with Crippen LogP contribution in [-0.4, -0.2) is 26.0 Å². The van der Waals surface area contributed by atoms with Crippen molar-refractivity contribution in [3.63, 3.8) is 0 Å². The molecule has 1 aromatic rings. The van der Waals surface area contributed by atoms with Gasteiger partial charge in [-0.2, -0.15) is 0 Å². The van der Waals surface area contributed by atoms with Crippen molar-refractivity contribution in [3.05, 3.63) is 29.3 Å². The van der Waals surface area contributed by atoms with Gasteiger partial charge >= 0.3 is 6.36 Å². The van der Waals surface area contributed by atoms with Crippen molar-refractivity contribution >= 4 is 6.29 Å². The van der Waals surface area contributed by atoms with E-state index in [-0.39, 0.29) is 23.7 Å². The maximum atomic E-state index is 12.0. The van der Waals surface area contributed by atoms with E-state index in [1.807, 2.05) is 0 Å². The Labute approximate surface area is 108 Å². The lowest BCUT2D eigenvalue weighted by atomic mass is 10.1. The highest BCUT2D eigenvalue weighted by atomic mass is 19.4. The Kier molecular flexibility index (Phi) is 5.78. The number of para-hydroxylation sites is 1. The number of halogens is 3. The van der Waals surface area contributed by atoms with Crippen molar-refractivity contribution in [1.29, 1.82) is 0 Å². The Morgan fingerprint density at radius 1 is 1.32 bits per heavy atom. The van der Waals surface area contributed by atoms with Gasteiger partial charge in [0, 0.05) is 12.2 Å². The first-order chi connectivity index (χ1) is 8.98. The van der Waals surface area contributed by atoms with E-state index in [1.165, 1.54) is 18.2 Å². The van der Waals surface area contributed by atoms with Gasteiger partial charge in [0.1, 0.15) is 5.75 Å². The summed E-state index contributed by atoms with van der Waals surface area (Å²) in [6, 6.07) is 4.28. The van der Waals surface area contributed by atoms with Crippen LogP contribution >= 0.6 is 0 Å². The van der Waals surface area contributed by atoms with Crippen LogP contribution in [0.4, 0.5) is 13.2 Å². The van der Waals surface area contributed by atoms with Gasteiger partial charge in [0.25, 0.3) is 0 Å². The lowest BCUT2D eigenvalue weighted by Gasteiger charge is -2.14. The molecule has 0 aliphatic carbocycles. The number of rotatable bonds is 7. The first-order valence-corrected chi connectivity index (χ1v) is 5.46. The number of carbonyl (C=O) groups excluding carboxylic acids is 1. The van der Waals surface area contributed by atoms with E-state index in [4.69, 9.17) is 9.47 Å². The number of hydrogen-bond donors (Lipinski definition) is 0. The number of hydrogen-bond acceptors (Lipinski definition) is 4. The summed E-state index contributed by atoms with van der Waals surface area (Å²) in [5, 5.41) is 0. The molecule has 7 heteroatoms. The summed E-state index contributed by atoms with van der Waals surface area (Å²) in [5.41, 5.74) is 0.268. The second-order valence-electron chi connectivity index (χ2n) is 3.44. The van der Waals surface area contributed by atoms with Crippen LogP contribution in [-0.2, 0) is 16.1 Å². The largest absolute Gasteiger partial charge is 0.522 e. The number of carbonyl (C=O) groups is 1. The van der Waals surface area contributed by atoms with Gasteiger partial charge < -0.3 is 9.47 Å². The second-order valence-corrected chi connectivity index (χ2v) is 3.44. The van der Waals surface area contributed by atoms with Crippen LogP contribution < -0.4 is 4.74 Å². The van der Waals surface area contributed by atoms with Crippen LogP contribution in [0.25, 0.3) is 0 Å². The fourth-order valence-electron chi connectivity index (χ4n) is 1.33. The zero-order chi connectivity index (χ0) is 14.3. The van der Waals surface area contributed by atoms with E-state index in [0.29, 0.717) is 12.9 Å². The number of alkyl halides is 3. The van der Waals surface area contributed by atoms with Crippen LogP contribution in [0, 0.1) is 0 Å². The van der Waals surface area contributed by atoms with Crippen molar-refractivity contribution < 1.29 is 32.2 Å². The standard InChI is InChI=1S/C12H13F3O4/c1-2-17-8-18-11-9(6-16)4-3-5-10(11)7-19-12(13,14)15/h3-6H,2,7-8H2,1H3. The summed E-state index contributed by atoms with van der Waals surface area (Å²) in [4.78, 5) is 10.8. The molecule has 0 N–H and O–H groups in total. The molecule has 4 nitrogen and oxygen atoms in total. The highest BCUT2D eigenvalue weighted by molar-refractivity contribution is 5.80. The fourth-order valence-corrected chi connectivity index (χ4v) is 1.33. The van der Waals surface area contributed by atoms with Crippen molar-refractivity contribution in [2.24, 2.45) is 0 Å². The average Bonchev–Trinajstić information content (AvgIpc) is 2.36. The monoisotopic (exact) mass is 278 g/mol. The Balaban J connectivity index is 2.85. The Morgan fingerprint density at radius 3 is 2.63 bits per heavy atom. The highest BCUT2D eigenvalue weighted by Gasteiger charge is 2.29. The molecule has 0 bridgehead atoms. The smallest absolute Gasteiger partial charge is 0.466 e. The predicted octanol–water partition coefficient (Wildman–Crippen LogP) is 2.91. The number of benzene rings is 1. The quantitative estimate of drug-likeness (QED) is 0.437. The molecular formula is C12H13F3O4. The van der Waals surface area contributed by atoms with Crippen LogP contribution in [0.3, 0.4) is 0 Å². The van der Waals surface area contributed by atoms with Crippen LogP contribution in [0.15, 0.2) is 18.2 Å². The van der Waals surface area contributed by atoms with Gasteiger partial charge in [-0.3, -0.25) is 9.53 Å². The van der Waals surface area contributed by atoms with Gasteiger partial charge in [0.2, 0.25) is 0 Å². The van der Waals surface area contributed by atoms with Crippen molar-refractivity contribution in [1.82, 2.24) is 0 Å². The fraction of sp³-hybridized carbons (Fsp3) is 0.417. The van der Waals surface area contributed by atoms with Gasteiger partial charge in [0.15, 0.2) is 13.1 Å². The van der Waals surface area contributed by atoms with E-state index in [2.05, 4.69) is 4.74 Å². The SMILES string of the molecule is CCOCOc1c(C=O)cccc1COC(F)(F)F. The maximum absolute atomic E-state index is 12.0. The maximum Gasteiger partial charge on any atom is 0.522 e. The minimum atomic E-state index is -4.74. The molecule has 0 spiro atoms. The van der Waals surface area contributed by atoms with Crippen LogP contribution in [0.2, 0.25) is 0 Å². The van der Waals surface area contributed by atoms with Gasteiger partial charge in [-0.15, -0.1) is 13.2 Å². The van der Waals surface area contributed by atoms with Gasteiger partial charge in [-0.1, -0.05) is 12.1 Å². The molecule has 0 amide bonds. The van der Waals surface area contributed by atoms with Crippen LogP contribution in [0.1, 0.15) is 22.8 Å². The van der Waals surface area contributed by atoms with Gasteiger partial charge in [-0.25, -0.2) is 0 Å². The third-order valence-corrected chi connectivity index (χ3v) is 2.14. The Hall–Kier alpha value is -1.60. The lowest BCUT2D eigenvalue weighted by molar-refractivity contribution is -0.330. The molecule has 0 heterocycles. The van der Waals surface area contributed by atoms with E-state index < -0.39 is 13.0 Å². The molecule has 0 atom stereocenters. The minimum absolute atomic E-state index is 0.0372. The van der Waals surface area contributed by atoms with Crippen molar-refractivity contribution in [2.45, 2.75) is 19.9 Å². The molecular weight excluding hydrogens is 265 g/mol. The molecule has 0 aromatic heterocycles. The second kappa shape index (κ2) is 7.10. The van der Waals surface area contributed by atoms with Gasteiger partial charge in [-0.05, 0) is 13.0 Å². The molecule has 0 fully saturated rings. The third-order valence-electron chi connectivity index (χ3n) is 2.14. The van der Waals surface area contributed by atoms with Crippen LogP contribution in [0.5, 0.6) is 5.75 Å². The van der Waals surface area contributed by atoms with E-state index in [1.54, 1.807) is 6.92 Å². The molecule has 19 heavy (non-hydrogen) atoms. The Bertz CT molecular complexity index is 418. The lowest BCUT2D eigenvalue weighted by Crippen LogP contribution is -2.14.